The van der Waals surface area contributed by atoms with Gasteiger partial charge in [-0.05, 0) is 97.8 Å². The Hall–Kier alpha value is -1.99. The van der Waals surface area contributed by atoms with E-state index < -0.39 is 20.2 Å². The van der Waals surface area contributed by atoms with E-state index in [-0.39, 0.29) is 31.1 Å². The Morgan fingerprint density at radius 2 is 1.38 bits per heavy atom. The molecule has 1 saturated carbocycles. The number of fused-ring (bicyclic) bond motifs is 1. The molecule has 0 spiro atoms. The number of anilines is 1. The van der Waals surface area contributed by atoms with E-state index in [9.17, 15) is 16.8 Å². The van der Waals surface area contributed by atoms with Crippen LogP contribution in [0.2, 0.25) is 5.02 Å². The van der Waals surface area contributed by atoms with E-state index in [1.165, 1.54) is 45.0 Å². The lowest BCUT2D eigenvalue weighted by Gasteiger charge is -2.33. The number of nitrogens with zero attached hydrogens (tertiary/aromatic N) is 5. The molecule has 3 aliphatic rings. The average molecular weight is 678 g/mol. The molecule has 2 fully saturated rings. The van der Waals surface area contributed by atoms with Gasteiger partial charge in [0.2, 0.25) is 10.0 Å². The van der Waals surface area contributed by atoms with E-state index in [1.54, 1.807) is 30.3 Å². The quantitative estimate of drug-likeness (QED) is 0.375. The lowest BCUT2D eigenvalue weighted by Crippen LogP contribution is -2.45. The number of halogens is 1. The molecule has 0 atom stereocenters. The Bertz CT molecular complexity index is 1540. The fraction of sp³-hybridized carbons (Fsp3) is 0.576. The Labute approximate surface area is 275 Å². The molecular formula is C33H48ClN5O4S2. The van der Waals surface area contributed by atoms with Crippen molar-refractivity contribution in [3.8, 4) is 0 Å². The lowest BCUT2D eigenvalue weighted by atomic mass is 9.89. The van der Waals surface area contributed by atoms with Gasteiger partial charge in [-0.1, -0.05) is 43.5 Å². The highest BCUT2D eigenvalue weighted by molar-refractivity contribution is 7.89. The minimum Gasteiger partial charge on any atom is -0.378 e. The van der Waals surface area contributed by atoms with E-state index in [2.05, 4.69) is 11.5 Å². The summed E-state index contributed by atoms with van der Waals surface area (Å²) in [6.45, 7) is 8.06. The minimum atomic E-state index is -3.85. The van der Waals surface area contributed by atoms with Gasteiger partial charge in [0, 0.05) is 70.6 Å². The molecule has 1 saturated heterocycles. The summed E-state index contributed by atoms with van der Waals surface area (Å²) in [5.74, 6) is 0.635. The van der Waals surface area contributed by atoms with Gasteiger partial charge in [-0.3, -0.25) is 0 Å². The molecular weight excluding hydrogens is 630 g/mol. The number of benzene rings is 2. The highest BCUT2D eigenvalue weighted by atomic mass is 35.5. The molecule has 2 aromatic rings. The Morgan fingerprint density at radius 1 is 0.756 bits per heavy atom. The SMILES string of the molecule is C=C1CN(S(=O)(=O)c2ccc(N(C)C)cc2)CCCN(CC2CCCCC2)CCCN(S(=O)(=O)N2Cc3ccc(Cl)cc3C2)C1. The molecule has 45 heavy (non-hydrogen) atoms. The van der Waals surface area contributed by atoms with Crippen molar-refractivity contribution < 1.29 is 16.8 Å². The lowest BCUT2D eigenvalue weighted by molar-refractivity contribution is 0.187. The van der Waals surface area contributed by atoms with E-state index in [4.69, 9.17) is 11.6 Å². The summed E-state index contributed by atoms with van der Waals surface area (Å²) in [6, 6.07) is 12.4. The molecule has 2 aromatic carbocycles. The molecule has 1 aliphatic carbocycles. The molecule has 0 bridgehead atoms. The highest BCUT2D eigenvalue weighted by Gasteiger charge is 2.35. The summed E-state index contributed by atoms with van der Waals surface area (Å²) in [5.41, 5.74) is 3.33. The van der Waals surface area contributed by atoms with Gasteiger partial charge in [0.15, 0.2) is 0 Å². The molecule has 12 heteroatoms. The first-order chi connectivity index (χ1) is 21.4. The molecule has 248 valence electrons. The zero-order valence-corrected chi connectivity index (χ0v) is 29.1. The van der Waals surface area contributed by atoms with Crippen molar-refractivity contribution in [2.24, 2.45) is 5.92 Å². The van der Waals surface area contributed by atoms with E-state index in [1.807, 2.05) is 31.1 Å². The second-order valence-electron chi connectivity index (χ2n) is 13.0. The second kappa shape index (κ2) is 14.8. The van der Waals surface area contributed by atoms with Crippen LogP contribution in [0.5, 0.6) is 0 Å². The van der Waals surface area contributed by atoms with Gasteiger partial charge >= 0.3 is 0 Å². The predicted octanol–water partition coefficient (Wildman–Crippen LogP) is 5.19. The van der Waals surface area contributed by atoms with Crippen molar-refractivity contribution in [2.75, 3.05) is 64.8 Å². The first kappa shape index (κ1) is 34.3. The normalized spacial score (nSPS) is 21.3. The van der Waals surface area contributed by atoms with Crippen molar-refractivity contribution in [3.63, 3.8) is 0 Å². The number of sulfonamides is 1. The fourth-order valence-corrected chi connectivity index (χ4v) is 10.1. The molecule has 5 rings (SSSR count). The summed E-state index contributed by atoms with van der Waals surface area (Å²) < 4.78 is 60.7. The van der Waals surface area contributed by atoms with E-state index >= 15 is 0 Å². The number of rotatable bonds is 7. The highest BCUT2D eigenvalue weighted by Crippen LogP contribution is 2.30. The summed E-state index contributed by atoms with van der Waals surface area (Å²) in [6.07, 6.45) is 7.66. The van der Waals surface area contributed by atoms with Gasteiger partial charge in [-0.2, -0.15) is 21.3 Å². The van der Waals surface area contributed by atoms with Gasteiger partial charge in [0.1, 0.15) is 0 Å². The van der Waals surface area contributed by atoms with E-state index in [0.29, 0.717) is 42.4 Å². The molecule has 0 radical (unpaired) electrons. The molecule has 2 heterocycles. The smallest absolute Gasteiger partial charge is 0.282 e. The van der Waals surface area contributed by atoms with Crippen LogP contribution in [0.25, 0.3) is 0 Å². The Balaban J connectivity index is 1.39. The summed E-state index contributed by atoms with van der Waals surface area (Å²) >= 11 is 6.20. The van der Waals surface area contributed by atoms with Gasteiger partial charge in [0.25, 0.3) is 10.2 Å². The van der Waals surface area contributed by atoms with Gasteiger partial charge in [-0.15, -0.1) is 0 Å². The molecule has 0 unspecified atom stereocenters. The standard InChI is InChI=1S/C33H48ClN5O4S2/c1-27-22-37(44(40,41)33-15-13-32(14-16-33)35(2)3)19-7-17-36(24-28-9-5-4-6-10-28)18-8-20-38(23-27)45(42,43)39-25-29-11-12-31(34)21-30(29)26-39/h11-16,21,28H,1,4-10,17-20,22-26H2,2-3H3. The molecule has 0 amide bonds. The van der Waals surface area contributed by atoms with Gasteiger partial charge in [-0.25, -0.2) is 8.42 Å². The van der Waals surface area contributed by atoms with Gasteiger partial charge in [0.05, 0.1) is 4.90 Å². The molecule has 2 aliphatic heterocycles. The molecule has 9 nitrogen and oxygen atoms in total. The summed E-state index contributed by atoms with van der Waals surface area (Å²) in [7, 11) is -3.86. The first-order valence-electron chi connectivity index (χ1n) is 16.1. The van der Waals surface area contributed by atoms with Crippen LogP contribution in [0.1, 0.15) is 56.1 Å². The fourth-order valence-electron chi connectivity index (χ4n) is 6.80. The maximum absolute atomic E-state index is 14.1. The molecule has 0 N–H and O–H groups in total. The zero-order valence-electron chi connectivity index (χ0n) is 26.7. The Kier molecular flexibility index (Phi) is 11.3. The van der Waals surface area contributed by atoms with Crippen LogP contribution in [0, 0.1) is 5.92 Å². The zero-order chi connectivity index (χ0) is 32.2. The van der Waals surface area contributed by atoms with Crippen molar-refractivity contribution in [1.82, 2.24) is 17.8 Å². The maximum atomic E-state index is 14.1. The van der Waals surface area contributed by atoms with Crippen LogP contribution in [-0.2, 0) is 33.3 Å². The monoisotopic (exact) mass is 677 g/mol. The third kappa shape index (κ3) is 8.49. The van der Waals surface area contributed by atoms with Crippen LogP contribution in [0.4, 0.5) is 5.69 Å². The van der Waals surface area contributed by atoms with Gasteiger partial charge < -0.3 is 9.80 Å². The largest absolute Gasteiger partial charge is 0.378 e. The third-order valence-corrected chi connectivity index (χ3v) is 13.3. The first-order valence-corrected chi connectivity index (χ1v) is 19.3. The Morgan fingerprint density at radius 3 is 2.04 bits per heavy atom. The van der Waals surface area contributed by atoms with Crippen molar-refractivity contribution in [1.29, 1.82) is 0 Å². The van der Waals surface area contributed by atoms with Crippen molar-refractivity contribution in [2.45, 2.75) is 62.9 Å². The summed E-state index contributed by atoms with van der Waals surface area (Å²) in [4.78, 5) is 4.59. The van der Waals surface area contributed by atoms with Crippen LogP contribution >= 0.6 is 11.6 Å². The van der Waals surface area contributed by atoms with Crippen LogP contribution in [0.3, 0.4) is 0 Å². The van der Waals surface area contributed by atoms with E-state index in [0.717, 1.165) is 36.4 Å². The average Bonchev–Trinajstić information content (AvgIpc) is 3.44. The number of hydrogen-bond acceptors (Lipinski definition) is 6. The van der Waals surface area contributed by atoms with Crippen LogP contribution < -0.4 is 4.90 Å². The van der Waals surface area contributed by atoms with Crippen LogP contribution in [-0.4, -0.2) is 94.6 Å². The molecule has 0 aromatic heterocycles. The van der Waals surface area contributed by atoms with Crippen molar-refractivity contribution in [3.05, 3.63) is 70.8 Å². The third-order valence-electron chi connectivity index (χ3n) is 9.31. The summed E-state index contributed by atoms with van der Waals surface area (Å²) in [5, 5.41) is 0.586. The van der Waals surface area contributed by atoms with Crippen molar-refractivity contribution >= 4 is 37.5 Å². The van der Waals surface area contributed by atoms with Crippen LogP contribution in [0.15, 0.2) is 59.5 Å². The number of hydrogen-bond donors (Lipinski definition) is 0. The maximum Gasteiger partial charge on any atom is 0.282 e. The second-order valence-corrected chi connectivity index (χ2v) is 17.3. The predicted molar refractivity (Wildman–Crippen MR) is 182 cm³/mol. The minimum absolute atomic E-state index is 0.0578. The topological polar surface area (TPSA) is 84.5 Å².